The number of ether oxygens (including phenoxy) is 1. The summed E-state index contributed by atoms with van der Waals surface area (Å²) in [5, 5.41) is 4.31. The minimum Gasteiger partial charge on any atom is -0.458 e. The highest BCUT2D eigenvalue weighted by molar-refractivity contribution is 7.11. The van der Waals surface area contributed by atoms with Gasteiger partial charge in [-0.1, -0.05) is 0 Å². The predicted molar refractivity (Wildman–Crippen MR) is 84.9 cm³/mol. The number of carbonyl (C=O) groups is 1. The highest BCUT2D eigenvalue weighted by Gasteiger charge is 2.24. The summed E-state index contributed by atoms with van der Waals surface area (Å²) in [5.74, 6) is -0.216. The summed E-state index contributed by atoms with van der Waals surface area (Å²) in [7, 11) is 0. The van der Waals surface area contributed by atoms with E-state index in [0.717, 1.165) is 38.2 Å². The van der Waals surface area contributed by atoms with Gasteiger partial charge in [0, 0.05) is 19.6 Å². The lowest BCUT2D eigenvalue weighted by Gasteiger charge is -2.31. The van der Waals surface area contributed by atoms with Crippen LogP contribution in [0.2, 0.25) is 0 Å². The van der Waals surface area contributed by atoms with Crippen LogP contribution in [0.1, 0.15) is 33.8 Å². The molecule has 112 valence electrons. The van der Waals surface area contributed by atoms with E-state index in [9.17, 15) is 4.79 Å². The average molecular weight is 322 g/mol. The van der Waals surface area contributed by atoms with Gasteiger partial charge >= 0.3 is 5.97 Å². The molecule has 2 aromatic heterocycles. The molecular weight excluding hydrogens is 304 g/mol. The smallest absolute Gasteiger partial charge is 0.350 e. The zero-order valence-electron chi connectivity index (χ0n) is 11.9. The molecule has 0 aromatic carbocycles. The Morgan fingerprint density at radius 1 is 1.48 bits per heavy atom. The van der Waals surface area contributed by atoms with Crippen molar-refractivity contribution in [2.24, 2.45) is 0 Å². The lowest BCUT2D eigenvalue weighted by Crippen LogP contribution is -2.37. The van der Waals surface area contributed by atoms with Gasteiger partial charge in [-0.2, -0.15) is 11.3 Å². The molecule has 0 bridgehead atoms. The van der Waals surface area contributed by atoms with Crippen molar-refractivity contribution in [3.05, 3.63) is 38.5 Å². The van der Waals surface area contributed by atoms with Crippen LogP contribution < -0.4 is 0 Å². The second kappa shape index (κ2) is 6.68. The van der Waals surface area contributed by atoms with Crippen molar-refractivity contribution in [2.45, 2.75) is 32.4 Å². The number of hydrogen-bond donors (Lipinski definition) is 0. The van der Waals surface area contributed by atoms with E-state index in [0.29, 0.717) is 4.88 Å². The van der Waals surface area contributed by atoms with E-state index >= 15 is 0 Å². The van der Waals surface area contributed by atoms with Crippen molar-refractivity contribution in [3.63, 3.8) is 0 Å². The highest BCUT2D eigenvalue weighted by Crippen LogP contribution is 2.20. The van der Waals surface area contributed by atoms with Crippen LogP contribution in [0.5, 0.6) is 0 Å². The van der Waals surface area contributed by atoms with E-state index in [2.05, 4.69) is 26.7 Å². The Labute approximate surface area is 132 Å². The number of esters is 1. The van der Waals surface area contributed by atoms with Crippen molar-refractivity contribution in [2.75, 3.05) is 13.1 Å². The Kier molecular flexibility index (Phi) is 4.67. The fourth-order valence-electron chi connectivity index (χ4n) is 2.53. The van der Waals surface area contributed by atoms with E-state index < -0.39 is 0 Å². The maximum Gasteiger partial charge on any atom is 0.350 e. The number of thiazole rings is 1. The molecule has 0 atom stereocenters. The molecule has 1 aliphatic rings. The number of thiophene rings is 1. The number of aromatic nitrogens is 1. The number of aryl methyl sites for hydroxylation is 1. The van der Waals surface area contributed by atoms with Gasteiger partial charge in [0.2, 0.25) is 0 Å². The fraction of sp³-hybridized carbons (Fsp3) is 0.467. The Hall–Kier alpha value is -1.24. The zero-order valence-corrected chi connectivity index (χ0v) is 13.6. The first-order valence-electron chi connectivity index (χ1n) is 7.07. The lowest BCUT2D eigenvalue weighted by molar-refractivity contribution is 0.0108. The Bertz CT molecular complexity index is 587. The molecule has 0 amide bonds. The summed E-state index contributed by atoms with van der Waals surface area (Å²) >= 11 is 3.09. The SMILES string of the molecule is Cc1ncsc1C(=O)OC1CCN(Cc2ccsc2)CC1. The van der Waals surface area contributed by atoms with Crippen molar-refractivity contribution in [3.8, 4) is 0 Å². The third-order valence-corrected chi connectivity index (χ3v) is 5.37. The van der Waals surface area contributed by atoms with Crippen LogP contribution in [0.15, 0.2) is 22.3 Å². The van der Waals surface area contributed by atoms with Crippen LogP contribution in [0, 0.1) is 6.92 Å². The van der Waals surface area contributed by atoms with Gasteiger partial charge in [-0.15, -0.1) is 11.3 Å². The maximum atomic E-state index is 12.1. The van der Waals surface area contributed by atoms with Crippen molar-refractivity contribution in [1.82, 2.24) is 9.88 Å². The average Bonchev–Trinajstić information content (AvgIpc) is 3.12. The van der Waals surface area contributed by atoms with Crippen LogP contribution in [-0.2, 0) is 11.3 Å². The zero-order chi connectivity index (χ0) is 14.7. The minimum atomic E-state index is -0.216. The molecule has 0 radical (unpaired) electrons. The third-order valence-electron chi connectivity index (χ3n) is 3.73. The molecule has 1 saturated heterocycles. The predicted octanol–water partition coefficient (Wildman–Crippen LogP) is 3.33. The highest BCUT2D eigenvalue weighted by atomic mass is 32.1. The molecule has 0 N–H and O–H groups in total. The standard InChI is InChI=1S/C15H18N2O2S2/c1-11-14(21-10-16-11)15(18)19-13-2-5-17(6-3-13)8-12-4-7-20-9-12/h4,7,9-10,13H,2-3,5-6,8H2,1H3. The van der Waals surface area contributed by atoms with Gasteiger partial charge in [0.05, 0.1) is 11.2 Å². The number of hydrogen-bond acceptors (Lipinski definition) is 6. The molecule has 3 heterocycles. The fourth-order valence-corrected chi connectivity index (χ4v) is 3.87. The van der Waals surface area contributed by atoms with Crippen LogP contribution in [0.25, 0.3) is 0 Å². The van der Waals surface area contributed by atoms with Gasteiger partial charge < -0.3 is 4.74 Å². The number of nitrogens with zero attached hydrogens (tertiary/aromatic N) is 2. The second-order valence-corrected chi connectivity index (χ2v) is 6.91. The number of rotatable bonds is 4. The molecule has 3 rings (SSSR count). The number of likely N-dealkylation sites (tertiary alicyclic amines) is 1. The second-order valence-electron chi connectivity index (χ2n) is 5.28. The lowest BCUT2D eigenvalue weighted by atomic mass is 10.1. The molecule has 6 heteroatoms. The van der Waals surface area contributed by atoms with Gasteiger partial charge in [-0.25, -0.2) is 9.78 Å². The van der Waals surface area contributed by atoms with Crippen LogP contribution >= 0.6 is 22.7 Å². The van der Waals surface area contributed by atoms with E-state index in [-0.39, 0.29) is 12.1 Å². The van der Waals surface area contributed by atoms with E-state index in [1.807, 2.05) is 6.92 Å². The van der Waals surface area contributed by atoms with Crippen molar-refractivity contribution < 1.29 is 9.53 Å². The first kappa shape index (κ1) is 14.7. The summed E-state index contributed by atoms with van der Waals surface area (Å²) in [6.07, 6.45) is 1.86. The Morgan fingerprint density at radius 3 is 2.90 bits per heavy atom. The quantitative estimate of drug-likeness (QED) is 0.810. The van der Waals surface area contributed by atoms with Crippen LogP contribution in [0.3, 0.4) is 0 Å². The first-order valence-corrected chi connectivity index (χ1v) is 8.89. The molecule has 21 heavy (non-hydrogen) atoms. The molecule has 2 aromatic rings. The molecule has 0 unspecified atom stereocenters. The number of carbonyl (C=O) groups excluding carboxylic acids is 1. The minimum absolute atomic E-state index is 0.0396. The summed E-state index contributed by atoms with van der Waals surface area (Å²) in [5.41, 5.74) is 3.82. The molecule has 4 nitrogen and oxygen atoms in total. The largest absolute Gasteiger partial charge is 0.458 e. The Balaban J connectivity index is 1.47. The topological polar surface area (TPSA) is 42.4 Å². The van der Waals surface area contributed by atoms with Gasteiger partial charge in [-0.3, -0.25) is 4.90 Å². The molecule has 0 saturated carbocycles. The number of piperidine rings is 1. The molecular formula is C15H18N2O2S2. The third kappa shape index (κ3) is 3.70. The van der Waals surface area contributed by atoms with E-state index in [4.69, 9.17) is 4.74 Å². The normalized spacial score (nSPS) is 17.0. The monoisotopic (exact) mass is 322 g/mol. The summed E-state index contributed by atoms with van der Waals surface area (Å²) in [6, 6.07) is 2.17. The maximum absolute atomic E-state index is 12.1. The van der Waals surface area contributed by atoms with Gasteiger partial charge in [0.1, 0.15) is 11.0 Å². The molecule has 1 fully saturated rings. The first-order chi connectivity index (χ1) is 10.2. The Morgan fingerprint density at radius 2 is 2.29 bits per heavy atom. The van der Waals surface area contributed by atoms with Crippen molar-refractivity contribution in [1.29, 1.82) is 0 Å². The van der Waals surface area contributed by atoms with Crippen molar-refractivity contribution >= 4 is 28.6 Å². The summed E-state index contributed by atoms with van der Waals surface area (Å²) < 4.78 is 5.61. The van der Waals surface area contributed by atoms with Gasteiger partial charge in [-0.05, 0) is 42.2 Å². The van der Waals surface area contributed by atoms with Gasteiger partial charge in [0.15, 0.2) is 0 Å². The summed E-state index contributed by atoms with van der Waals surface area (Å²) in [6.45, 7) is 4.81. The van der Waals surface area contributed by atoms with E-state index in [1.54, 1.807) is 16.8 Å². The molecule has 0 aliphatic carbocycles. The van der Waals surface area contributed by atoms with E-state index in [1.165, 1.54) is 16.9 Å². The molecule has 0 spiro atoms. The van der Waals surface area contributed by atoms with Crippen LogP contribution in [0.4, 0.5) is 0 Å². The molecule has 1 aliphatic heterocycles. The van der Waals surface area contributed by atoms with Gasteiger partial charge in [0.25, 0.3) is 0 Å². The summed E-state index contributed by atoms with van der Waals surface area (Å²) in [4.78, 5) is 19.2. The van der Waals surface area contributed by atoms with Crippen LogP contribution in [-0.4, -0.2) is 35.0 Å².